The summed E-state index contributed by atoms with van der Waals surface area (Å²) in [5, 5.41) is 3.81. The summed E-state index contributed by atoms with van der Waals surface area (Å²) in [6.07, 6.45) is 0. The number of rotatable bonds is 6. The van der Waals surface area contributed by atoms with Crippen LogP contribution in [0.3, 0.4) is 0 Å². The average Bonchev–Trinajstić information content (AvgIpc) is 2.58. The first-order valence-corrected chi connectivity index (χ1v) is 8.85. The number of carbonyl (C=O) groups is 2. The summed E-state index contributed by atoms with van der Waals surface area (Å²) in [7, 11) is 1.48. The number of hydrogen-bond donors (Lipinski definition) is 1. The van der Waals surface area contributed by atoms with Crippen molar-refractivity contribution in [1.29, 1.82) is 0 Å². The Balaban J connectivity index is 1.88. The molecule has 5 nitrogen and oxygen atoms in total. The van der Waals surface area contributed by atoms with Gasteiger partial charge in [0, 0.05) is 13.1 Å². The number of carbonyl (C=O) groups excluding carboxylic acids is 2. The van der Waals surface area contributed by atoms with Gasteiger partial charge in [0.15, 0.2) is 6.61 Å². The zero-order chi connectivity index (χ0) is 19.3. The van der Waals surface area contributed by atoms with Gasteiger partial charge in [-0.2, -0.15) is 0 Å². The highest BCUT2D eigenvalue weighted by molar-refractivity contribution is 6.43. The highest BCUT2D eigenvalue weighted by atomic mass is 35.5. The molecule has 9 heteroatoms. The van der Waals surface area contributed by atoms with Crippen molar-refractivity contribution in [1.82, 2.24) is 4.90 Å². The van der Waals surface area contributed by atoms with Crippen molar-refractivity contribution in [2.75, 3.05) is 25.5 Å². The Morgan fingerprint density at radius 1 is 1.00 bits per heavy atom. The smallest absolute Gasteiger partial charge is 0.260 e. The molecule has 0 heterocycles. The van der Waals surface area contributed by atoms with Gasteiger partial charge in [-0.15, -0.1) is 0 Å². The summed E-state index contributed by atoms with van der Waals surface area (Å²) < 4.78 is 5.36. The minimum Gasteiger partial charge on any atom is -0.482 e. The molecule has 0 fully saturated rings. The number of nitrogens with one attached hydrogen (secondary N) is 1. The predicted molar refractivity (Wildman–Crippen MR) is 105 cm³/mol. The number of ether oxygens (including phenoxy) is 1. The fraction of sp³-hybridized carbons (Fsp3) is 0.176. The third-order valence-electron chi connectivity index (χ3n) is 3.28. The van der Waals surface area contributed by atoms with Crippen molar-refractivity contribution in [3.8, 4) is 5.75 Å². The van der Waals surface area contributed by atoms with E-state index in [4.69, 9.17) is 51.1 Å². The lowest BCUT2D eigenvalue weighted by Gasteiger charge is -2.18. The van der Waals surface area contributed by atoms with E-state index in [1.807, 2.05) is 0 Å². The van der Waals surface area contributed by atoms with Crippen molar-refractivity contribution >= 4 is 63.9 Å². The molecule has 0 saturated heterocycles. The van der Waals surface area contributed by atoms with Gasteiger partial charge >= 0.3 is 0 Å². The first-order chi connectivity index (χ1) is 12.3. The molecule has 0 unspecified atom stereocenters. The standard InChI is InChI=1S/C17H14Cl4N2O3/c1-23(8-16(24)22-14-5-3-2-4-10(14)18)17(25)9-26-15-7-12(20)11(19)6-13(15)21/h2-7H,8-9H2,1H3,(H,22,24). The maximum absolute atomic E-state index is 12.1. The Kier molecular flexibility index (Phi) is 7.41. The summed E-state index contributed by atoms with van der Waals surface area (Å²) in [6.45, 7) is -0.476. The van der Waals surface area contributed by atoms with Crippen LogP contribution in [0.1, 0.15) is 0 Å². The van der Waals surface area contributed by atoms with E-state index in [2.05, 4.69) is 5.32 Å². The molecule has 138 valence electrons. The molecule has 2 aromatic carbocycles. The molecule has 1 N–H and O–H groups in total. The average molecular weight is 436 g/mol. The van der Waals surface area contributed by atoms with Crippen LogP contribution in [0.5, 0.6) is 5.75 Å². The van der Waals surface area contributed by atoms with Crippen LogP contribution in [-0.2, 0) is 9.59 Å². The Morgan fingerprint density at radius 2 is 1.65 bits per heavy atom. The number of hydrogen-bond acceptors (Lipinski definition) is 3. The van der Waals surface area contributed by atoms with Crippen LogP contribution in [0.2, 0.25) is 20.1 Å². The molecule has 0 atom stereocenters. The van der Waals surface area contributed by atoms with E-state index in [1.165, 1.54) is 24.1 Å². The molecule has 2 aromatic rings. The summed E-state index contributed by atoms with van der Waals surface area (Å²) in [5.41, 5.74) is 0.471. The van der Waals surface area contributed by atoms with E-state index in [0.29, 0.717) is 10.7 Å². The van der Waals surface area contributed by atoms with Crippen molar-refractivity contribution in [2.24, 2.45) is 0 Å². The molecular weight excluding hydrogens is 422 g/mol. The lowest BCUT2D eigenvalue weighted by atomic mass is 10.3. The van der Waals surface area contributed by atoms with E-state index in [0.717, 1.165) is 0 Å². The van der Waals surface area contributed by atoms with Gasteiger partial charge in [0.2, 0.25) is 5.91 Å². The SMILES string of the molecule is CN(CC(=O)Nc1ccccc1Cl)C(=O)COc1cc(Cl)c(Cl)cc1Cl. The van der Waals surface area contributed by atoms with Gasteiger partial charge in [-0.1, -0.05) is 58.5 Å². The molecule has 26 heavy (non-hydrogen) atoms. The van der Waals surface area contributed by atoms with Gasteiger partial charge in [0.05, 0.1) is 32.3 Å². The maximum Gasteiger partial charge on any atom is 0.260 e. The molecular formula is C17H14Cl4N2O3. The van der Waals surface area contributed by atoms with Crippen molar-refractivity contribution in [3.63, 3.8) is 0 Å². The lowest BCUT2D eigenvalue weighted by molar-refractivity contribution is -0.135. The van der Waals surface area contributed by atoms with E-state index < -0.39 is 5.91 Å². The van der Waals surface area contributed by atoms with Crippen LogP contribution in [0, 0.1) is 0 Å². The van der Waals surface area contributed by atoms with Gasteiger partial charge in [-0.3, -0.25) is 9.59 Å². The first-order valence-electron chi connectivity index (χ1n) is 7.33. The van der Waals surface area contributed by atoms with Crippen LogP contribution in [-0.4, -0.2) is 36.9 Å². The predicted octanol–water partition coefficient (Wildman–Crippen LogP) is 4.78. The molecule has 0 aliphatic rings. The minimum atomic E-state index is -0.415. The first kappa shape index (κ1) is 20.6. The second kappa shape index (κ2) is 9.33. The van der Waals surface area contributed by atoms with Crippen LogP contribution in [0.15, 0.2) is 36.4 Å². The molecule has 2 rings (SSSR count). The molecule has 0 aliphatic heterocycles. The van der Waals surface area contributed by atoms with Gasteiger partial charge in [0.1, 0.15) is 5.75 Å². The van der Waals surface area contributed by atoms with Crippen LogP contribution < -0.4 is 10.1 Å². The zero-order valence-electron chi connectivity index (χ0n) is 13.6. The highest BCUT2D eigenvalue weighted by Gasteiger charge is 2.16. The molecule has 0 saturated carbocycles. The molecule has 0 aliphatic carbocycles. The van der Waals surface area contributed by atoms with Crippen LogP contribution >= 0.6 is 46.4 Å². The molecule has 2 amide bonds. The Morgan fingerprint density at radius 3 is 2.35 bits per heavy atom. The number of halogens is 4. The summed E-state index contributed by atoms with van der Waals surface area (Å²) in [4.78, 5) is 25.4. The largest absolute Gasteiger partial charge is 0.482 e. The number of amides is 2. The number of para-hydroxylation sites is 1. The normalized spacial score (nSPS) is 10.3. The van der Waals surface area contributed by atoms with E-state index in [-0.39, 0.29) is 39.9 Å². The van der Waals surface area contributed by atoms with Crippen LogP contribution in [0.4, 0.5) is 5.69 Å². The summed E-state index contributed by atoms with van der Waals surface area (Å²) >= 11 is 23.7. The summed E-state index contributed by atoms with van der Waals surface area (Å²) in [5.74, 6) is -0.577. The summed E-state index contributed by atoms with van der Waals surface area (Å²) in [6, 6.07) is 9.65. The fourth-order valence-electron chi connectivity index (χ4n) is 1.92. The topological polar surface area (TPSA) is 58.6 Å². The zero-order valence-corrected chi connectivity index (χ0v) is 16.6. The monoisotopic (exact) mass is 434 g/mol. The highest BCUT2D eigenvalue weighted by Crippen LogP contribution is 2.33. The molecule has 0 radical (unpaired) electrons. The lowest BCUT2D eigenvalue weighted by Crippen LogP contribution is -2.37. The number of likely N-dealkylation sites (N-methyl/N-ethyl adjacent to an activating group) is 1. The quantitative estimate of drug-likeness (QED) is 0.664. The van der Waals surface area contributed by atoms with Gasteiger partial charge < -0.3 is 15.0 Å². The number of anilines is 1. The Labute approximate surface area is 170 Å². The van der Waals surface area contributed by atoms with Crippen molar-refractivity contribution in [2.45, 2.75) is 0 Å². The Bertz CT molecular complexity index is 830. The molecule has 0 aromatic heterocycles. The fourth-order valence-corrected chi connectivity index (χ4v) is 2.69. The second-order valence-electron chi connectivity index (χ2n) is 5.26. The van der Waals surface area contributed by atoms with Crippen LogP contribution in [0.25, 0.3) is 0 Å². The van der Waals surface area contributed by atoms with Gasteiger partial charge in [-0.05, 0) is 18.2 Å². The second-order valence-corrected chi connectivity index (χ2v) is 6.89. The van der Waals surface area contributed by atoms with E-state index in [9.17, 15) is 9.59 Å². The third kappa shape index (κ3) is 5.68. The number of benzene rings is 2. The molecule has 0 bridgehead atoms. The van der Waals surface area contributed by atoms with Crippen molar-refractivity contribution < 1.29 is 14.3 Å². The van der Waals surface area contributed by atoms with Gasteiger partial charge in [-0.25, -0.2) is 0 Å². The third-order valence-corrected chi connectivity index (χ3v) is 4.63. The minimum absolute atomic E-state index is 0.164. The van der Waals surface area contributed by atoms with E-state index in [1.54, 1.807) is 24.3 Å². The maximum atomic E-state index is 12.1. The van der Waals surface area contributed by atoms with E-state index >= 15 is 0 Å². The van der Waals surface area contributed by atoms with Gasteiger partial charge in [0.25, 0.3) is 5.91 Å². The Hall–Kier alpha value is -1.66. The number of nitrogens with zero attached hydrogens (tertiary/aromatic N) is 1. The van der Waals surface area contributed by atoms with Crippen molar-refractivity contribution in [3.05, 3.63) is 56.5 Å². The molecule has 0 spiro atoms.